The molecule has 0 aromatic carbocycles. The molecule has 0 aliphatic carbocycles. The number of hydrogen-bond acceptors (Lipinski definition) is 7. The summed E-state index contributed by atoms with van der Waals surface area (Å²) >= 11 is 0. The van der Waals surface area contributed by atoms with E-state index >= 15 is 0 Å². The standard InChI is InChI=1S/C15H18N6O2/c1-9-13-14(16-8-17-15(13)23-19-9)20-4-3-5-21-11(7-20)6-12(18-21)10(2)22/h6,8,10,22H,3-5,7H2,1-2H3. The molecule has 1 unspecified atom stereocenters. The second-order valence-electron chi connectivity index (χ2n) is 5.88. The first-order valence-corrected chi connectivity index (χ1v) is 7.70. The summed E-state index contributed by atoms with van der Waals surface area (Å²) in [7, 11) is 0. The topological polar surface area (TPSA) is 93.1 Å². The van der Waals surface area contributed by atoms with E-state index in [0.717, 1.165) is 42.1 Å². The highest BCUT2D eigenvalue weighted by molar-refractivity contribution is 5.87. The first kappa shape index (κ1) is 14.1. The molecule has 0 bridgehead atoms. The first-order valence-electron chi connectivity index (χ1n) is 7.70. The van der Waals surface area contributed by atoms with E-state index in [2.05, 4.69) is 25.1 Å². The molecule has 3 aromatic heterocycles. The van der Waals surface area contributed by atoms with Crippen molar-refractivity contribution in [2.24, 2.45) is 0 Å². The lowest BCUT2D eigenvalue weighted by molar-refractivity contribution is 0.193. The van der Waals surface area contributed by atoms with E-state index in [9.17, 15) is 5.11 Å². The zero-order valence-corrected chi connectivity index (χ0v) is 13.1. The van der Waals surface area contributed by atoms with E-state index in [4.69, 9.17) is 4.52 Å². The van der Waals surface area contributed by atoms with E-state index in [1.54, 1.807) is 6.92 Å². The van der Waals surface area contributed by atoms with E-state index < -0.39 is 6.10 Å². The van der Waals surface area contributed by atoms with Gasteiger partial charge in [0.25, 0.3) is 5.71 Å². The first-order chi connectivity index (χ1) is 11.1. The van der Waals surface area contributed by atoms with Crippen LogP contribution < -0.4 is 4.90 Å². The van der Waals surface area contributed by atoms with Crippen molar-refractivity contribution in [3.05, 3.63) is 29.5 Å². The van der Waals surface area contributed by atoms with Gasteiger partial charge < -0.3 is 14.5 Å². The summed E-state index contributed by atoms with van der Waals surface area (Å²) in [6.07, 6.45) is 1.89. The number of rotatable bonds is 2. The Morgan fingerprint density at radius 2 is 2.17 bits per heavy atom. The second kappa shape index (κ2) is 5.31. The number of aryl methyl sites for hydroxylation is 2. The minimum Gasteiger partial charge on any atom is -0.387 e. The van der Waals surface area contributed by atoms with Crippen LogP contribution in [-0.2, 0) is 13.1 Å². The van der Waals surface area contributed by atoms with Crippen molar-refractivity contribution in [3.8, 4) is 0 Å². The molecule has 0 saturated heterocycles. The minimum absolute atomic E-state index is 0.509. The number of hydrogen-bond donors (Lipinski definition) is 1. The molecule has 4 heterocycles. The molecule has 3 aromatic rings. The minimum atomic E-state index is -0.561. The summed E-state index contributed by atoms with van der Waals surface area (Å²) in [5, 5.41) is 19.1. The monoisotopic (exact) mass is 314 g/mol. The third-order valence-corrected chi connectivity index (χ3v) is 4.18. The maximum Gasteiger partial charge on any atom is 0.263 e. The number of fused-ring (bicyclic) bond motifs is 2. The van der Waals surface area contributed by atoms with Crippen LogP contribution >= 0.6 is 0 Å². The summed E-state index contributed by atoms with van der Waals surface area (Å²) in [6.45, 7) is 6.00. The number of aliphatic hydroxyl groups is 1. The maximum atomic E-state index is 9.75. The van der Waals surface area contributed by atoms with Crippen LogP contribution in [0.1, 0.15) is 36.5 Å². The molecule has 8 nitrogen and oxygen atoms in total. The molecule has 1 aliphatic heterocycles. The Morgan fingerprint density at radius 3 is 3.00 bits per heavy atom. The Bertz CT molecular complexity index is 853. The van der Waals surface area contributed by atoms with Crippen LogP contribution in [0.25, 0.3) is 11.1 Å². The van der Waals surface area contributed by atoms with Gasteiger partial charge in [-0.1, -0.05) is 5.16 Å². The van der Waals surface area contributed by atoms with Crippen LogP contribution in [0.2, 0.25) is 0 Å². The van der Waals surface area contributed by atoms with Crippen molar-refractivity contribution in [2.75, 3.05) is 11.4 Å². The van der Waals surface area contributed by atoms with Crippen LogP contribution in [0.3, 0.4) is 0 Å². The van der Waals surface area contributed by atoms with Gasteiger partial charge in [0, 0.05) is 13.1 Å². The van der Waals surface area contributed by atoms with Crippen LogP contribution in [0, 0.1) is 6.92 Å². The van der Waals surface area contributed by atoms with Gasteiger partial charge in [0.1, 0.15) is 17.5 Å². The largest absolute Gasteiger partial charge is 0.387 e. The maximum absolute atomic E-state index is 9.75. The molecule has 1 atom stereocenters. The van der Waals surface area contributed by atoms with Crippen molar-refractivity contribution in [2.45, 2.75) is 39.5 Å². The molecule has 1 aliphatic rings. The summed E-state index contributed by atoms with van der Waals surface area (Å²) in [6, 6.07) is 1.96. The van der Waals surface area contributed by atoms with Gasteiger partial charge in [-0.3, -0.25) is 4.68 Å². The van der Waals surface area contributed by atoms with E-state index in [-0.39, 0.29) is 0 Å². The Hall–Kier alpha value is -2.48. The van der Waals surface area contributed by atoms with Crippen LogP contribution in [0.15, 0.2) is 16.9 Å². The Kier molecular flexibility index (Phi) is 3.26. The summed E-state index contributed by atoms with van der Waals surface area (Å²) in [4.78, 5) is 10.8. The molecule has 120 valence electrons. The van der Waals surface area contributed by atoms with Gasteiger partial charge in [-0.05, 0) is 26.3 Å². The van der Waals surface area contributed by atoms with Gasteiger partial charge in [0.15, 0.2) is 0 Å². The second-order valence-corrected chi connectivity index (χ2v) is 5.88. The Labute approximate surface area is 132 Å². The SMILES string of the molecule is Cc1noc2ncnc(N3CCCn4nc(C(C)O)cc4C3)c12. The molecule has 1 N–H and O–H groups in total. The van der Waals surface area contributed by atoms with Crippen LogP contribution in [0.4, 0.5) is 5.82 Å². The van der Waals surface area contributed by atoms with Crippen molar-refractivity contribution >= 4 is 16.9 Å². The Balaban J connectivity index is 1.75. The number of aromatic nitrogens is 5. The molecule has 0 fully saturated rings. The van der Waals surface area contributed by atoms with Gasteiger partial charge in [-0.25, -0.2) is 4.98 Å². The van der Waals surface area contributed by atoms with Crippen molar-refractivity contribution in [3.63, 3.8) is 0 Å². The van der Waals surface area contributed by atoms with Gasteiger partial charge in [0.2, 0.25) is 0 Å². The number of nitrogens with zero attached hydrogens (tertiary/aromatic N) is 6. The number of anilines is 1. The van der Waals surface area contributed by atoms with E-state index in [1.807, 2.05) is 17.7 Å². The fourth-order valence-electron chi connectivity index (χ4n) is 3.01. The molecule has 8 heteroatoms. The molecular weight excluding hydrogens is 296 g/mol. The number of aliphatic hydroxyl groups excluding tert-OH is 1. The average molecular weight is 314 g/mol. The van der Waals surface area contributed by atoms with Crippen molar-refractivity contribution in [1.29, 1.82) is 0 Å². The zero-order valence-electron chi connectivity index (χ0n) is 13.1. The summed E-state index contributed by atoms with van der Waals surface area (Å²) in [5.41, 5.74) is 3.07. The van der Waals surface area contributed by atoms with E-state index in [0.29, 0.717) is 18.0 Å². The van der Waals surface area contributed by atoms with Crippen LogP contribution in [0.5, 0.6) is 0 Å². The zero-order chi connectivity index (χ0) is 16.0. The highest BCUT2D eigenvalue weighted by atomic mass is 16.5. The summed E-state index contributed by atoms with van der Waals surface area (Å²) in [5.74, 6) is 0.835. The van der Waals surface area contributed by atoms with Crippen molar-refractivity contribution in [1.82, 2.24) is 24.9 Å². The van der Waals surface area contributed by atoms with Gasteiger partial charge in [0.05, 0.1) is 29.7 Å². The molecule has 0 radical (unpaired) electrons. The average Bonchev–Trinajstić information content (AvgIpc) is 3.06. The van der Waals surface area contributed by atoms with Gasteiger partial charge in [-0.2, -0.15) is 10.1 Å². The highest BCUT2D eigenvalue weighted by Gasteiger charge is 2.22. The van der Waals surface area contributed by atoms with Gasteiger partial charge in [-0.15, -0.1) is 0 Å². The van der Waals surface area contributed by atoms with Crippen molar-refractivity contribution < 1.29 is 9.63 Å². The molecule has 0 saturated carbocycles. The fraction of sp³-hybridized carbons (Fsp3) is 0.467. The molecule has 0 spiro atoms. The van der Waals surface area contributed by atoms with Crippen LogP contribution in [-0.4, -0.2) is 36.6 Å². The molecule has 4 rings (SSSR count). The van der Waals surface area contributed by atoms with E-state index in [1.165, 1.54) is 6.33 Å². The third kappa shape index (κ3) is 2.35. The highest BCUT2D eigenvalue weighted by Crippen LogP contribution is 2.28. The molecule has 0 amide bonds. The Morgan fingerprint density at radius 1 is 1.30 bits per heavy atom. The lowest BCUT2D eigenvalue weighted by Gasteiger charge is -2.21. The normalized spacial score (nSPS) is 16.4. The predicted molar refractivity (Wildman–Crippen MR) is 82.9 cm³/mol. The fourth-order valence-corrected chi connectivity index (χ4v) is 3.01. The lowest BCUT2D eigenvalue weighted by Crippen LogP contribution is -2.24. The lowest BCUT2D eigenvalue weighted by atomic mass is 10.2. The third-order valence-electron chi connectivity index (χ3n) is 4.18. The summed E-state index contributed by atoms with van der Waals surface area (Å²) < 4.78 is 7.21. The quantitative estimate of drug-likeness (QED) is 0.767. The smallest absolute Gasteiger partial charge is 0.263 e. The molecule has 23 heavy (non-hydrogen) atoms. The van der Waals surface area contributed by atoms with Gasteiger partial charge >= 0.3 is 0 Å². The molecular formula is C15H18N6O2. The predicted octanol–water partition coefficient (Wildman–Crippen LogP) is 1.59.